The van der Waals surface area contributed by atoms with E-state index >= 15 is 0 Å². The topological polar surface area (TPSA) is 58.3 Å². The highest BCUT2D eigenvalue weighted by Gasteiger charge is 1.97. The maximum absolute atomic E-state index is 8.96. The second kappa shape index (κ2) is 7.21. The van der Waals surface area contributed by atoms with Crippen molar-refractivity contribution in [3.05, 3.63) is 0 Å². The summed E-state index contributed by atoms with van der Waals surface area (Å²) in [5, 5.41) is 3.17. The van der Waals surface area contributed by atoms with Gasteiger partial charge in [0.25, 0.3) is 0 Å². The number of nitrogens with one attached hydrogen (secondary N) is 1. The molecule has 0 amide bonds. The molecular formula is C6H17N2OSi. The first-order valence-corrected chi connectivity index (χ1v) is 5.85. The monoisotopic (exact) mass is 161 g/mol. The van der Waals surface area contributed by atoms with Crippen molar-refractivity contribution in [2.45, 2.75) is 19.0 Å². The van der Waals surface area contributed by atoms with Gasteiger partial charge in [-0.05, 0) is 25.6 Å². The van der Waals surface area contributed by atoms with E-state index in [1.54, 1.807) is 0 Å². The average Bonchev–Trinajstić information content (AvgIpc) is 1.87. The van der Waals surface area contributed by atoms with Gasteiger partial charge < -0.3 is 15.8 Å². The van der Waals surface area contributed by atoms with E-state index in [-0.39, 0.29) is 0 Å². The molecule has 0 unspecified atom stereocenters. The first-order valence-electron chi connectivity index (χ1n) is 3.69. The molecule has 0 aliphatic carbocycles. The van der Waals surface area contributed by atoms with Crippen molar-refractivity contribution in [2.75, 3.05) is 19.6 Å². The molecule has 0 saturated heterocycles. The Morgan fingerprint density at radius 2 is 2.20 bits per heavy atom. The Hall–Kier alpha value is 0.0969. The second-order valence-corrected chi connectivity index (χ2v) is 4.35. The molecule has 1 radical (unpaired) electrons. The summed E-state index contributed by atoms with van der Waals surface area (Å²) in [7, 11) is -0.993. The summed E-state index contributed by atoms with van der Waals surface area (Å²) in [5.74, 6) is 0. The Balaban J connectivity index is 2.77. The largest absolute Gasteiger partial charge is 0.432 e. The SMILES string of the molecule is C[Si](O)CCCNCCN. The molecule has 0 saturated carbocycles. The van der Waals surface area contributed by atoms with Crippen molar-refractivity contribution in [3.8, 4) is 0 Å². The maximum Gasteiger partial charge on any atom is 0.203 e. The zero-order chi connectivity index (χ0) is 7.82. The predicted octanol–water partition coefficient (Wildman–Crippen LogP) is -0.462. The van der Waals surface area contributed by atoms with Crippen LogP contribution in [0.5, 0.6) is 0 Å². The van der Waals surface area contributed by atoms with Crippen molar-refractivity contribution >= 4 is 9.04 Å². The maximum atomic E-state index is 8.96. The van der Waals surface area contributed by atoms with Crippen LogP contribution in [0.4, 0.5) is 0 Å². The highest BCUT2D eigenvalue weighted by Crippen LogP contribution is 1.91. The molecule has 0 aromatic carbocycles. The molecule has 10 heavy (non-hydrogen) atoms. The molecule has 0 aromatic heterocycles. The summed E-state index contributed by atoms with van der Waals surface area (Å²) in [4.78, 5) is 8.96. The Morgan fingerprint density at radius 1 is 1.50 bits per heavy atom. The van der Waals surface area contributed by atoms with Gasteiger partial charge in [-0.15, -0.1) is 0 Å². The Bertz CT molecular complexity index is 70.8. The molecule has 0 bridgehead atoms. The smallest absolute Gasteiger partial charge is 0.203 e. The van der Waals surface area contributed by atoms with Gasteiger partial charge in [0.2, 0.25) is 9.04 Å². The second-order valence-electron chi connectivity index (χ2n) is 2.38. The summed E-state index contributed by atoms with van der Waals surface area (Å²) in [6.07, 6.45) is 1.07. The Kier molecular flexibility index (Phi) is 7.28. The van der Waals surface area contributed by atoms with Gasteiger partial charge in [-0.3, -0.25) is 0 Å². The fraction of sp³-hybridized carbons (Fsp3) is 1.00. The van der Waals surface area contributed by atoms with E-state index in [1.807, 2.05) is 6.55 Å². The van der Waals surface area contributed by atoms with Crippen molar-refractivity contribution in [3.63, 3.8) is 0 Å². The van der Waals surface area contributed by atoms with Crippen molar-refractivity contribution in [2.24, 2.45) is 5.73 Å². The molecule has 0 fully saturated rings. The highest BCUT2D eigenvalue weighted by molar-refractivity contribution is 6.48. The highest BCUT2D eigenvalue weighted by atomic mass is 28.3. The van der Waals surface area contributed by atoms with Crippen LogP contribution >= 0.6 is 0 Å². The third-order valence-electron chi connectivity index (χ3n) is 1.21. The quantitative estimate of drug-likeness (QED) is 0.365. The van der Waals surface area contributed by atoms with E-state index in [2.05, 4.69) is 5.32 Å². The van der Waals surface area contributed by atoms with E-state index in [9.17, 15) is 0 Å². The van der Waals surface area contributed by atoms with E-state index in [4.69, 9.17) is 10.5 Å². The molecular weight excluding hydrogens is 144 g/mol. The summed E-state index contributed by atoms with van der Waals surface area (Å²) < 4.78 is 0. The zero-order valence-corrected chi connectivity index (χ0v) is 7.56. The third kappa shape index (κ3) is 8.10. The number of hydrogen-bond acceptors (Lipinski definition) is 3. The minimum absolute atomic E-state index is 0.697. The third-order valence-corrected chi connectivity index (χ3v) is 2.29. The summed E-state index contributed by atoms with van der Waals surface area (Å²) in [6, 6.07) is 0.974. The lowest BCUT2D eigenvalue weighted by molar-refractivity contribution is 0.566. The van der Waals surface area contributed by atoms with Crippen molar-refractivity contribution in [1.29, 1.82) is 0 Å². The van der Waals surface area contributed by atoms with Gasteiger partial charge in [0.1, 0.15) is 0 Å². The minimum atomic E-state index is -0.993. The lowest BCUT2D eigenvalue weighted by Crippen LogP contribution is -2.24. The first-order chi connectivity index (χ1) is 4.77. The lowest BCUT2D eigenvalue weighted by atomic mass is 10.5. The standard InChI is InChI=1S/C6H17N2OSi/c1-10(9)6-2-4-8-5-3-7/h8-9H,2-7H2,1H3. The Labute approximate surface area is 64.3 Å². The molecule has 0 heterocycles. The van der Waals surface area contributed by atoms with Crippen LogP contribution in [0.1, 0.15) is 6.42 Å². The molecule has 0 spiro atoms. The van der Waals surface area contributed by atoms with E-state index in [1.165, 1.54) is 0 Å². The molecule has 61 valence electrons. The normalized spacial score (nSPS) is 10.8. The summed E-state index contributed by atoms with van der Waals surface area (Å²) in [6.45, 7) is 4.48. The van der Waals surface area contributed by atoms with Crippen molar-refractivity contribution in [1.82, 2.24) is 5.32 Å². The molecule has 0 rings (SSSR count). The van der Waals surface area contributed by atoms with E-state index < -0.39 is 9.04 Å². The van der Waals surface area contributed by atoms with Crippen LogP contribution in [0.3, 0.4) is 0 Å². The molecule has 0 aliphatic rings. The van der Waals surface area contributed by atoms with Gasteiger partial charge in [-0.2, -0.15) is 0 Å². The summed E-state index contributed by atoms with van der Waals surface area (Å²) in [5.41, 5.74) is 5.27. The molecule has 4 heteroatoms. The van der Waals surface area contributed by atoms with Crippen LogP contribution in [0, 0.1) is 0 Å². The molecule has 0 aliphatic heterocycles. The van der Waals surface area contributed by atoms with Gasteiger partial charge in [-0.25, -0.2) is 0 Å². The number of nitrogens with two attached hydrogens (primary N) is 1. The Morgan fingerprint density at radius 3 is 2.70 bits per heavy atom. The van der Waals surface area contributed by atoms with Crippen LogP contribution in [-0.4, -0.2) is 33.5 Å². The van der Waals surface area contributed by atoms with Gasteiger partial charge in [0, 0.05) is 13.1 Å². The minimum Gasteiger partial charge on any atom is -0.432 e. The average molecular weight is 161 g/mol. The lowest BCUT2D eigenvalue weighted by Gasteiger charge is -2.02. The van der Waals surface area contributed by atoms with Crippen LogP contribution < -0.4 is 11.1 Å². The van der Waals surface area contributed by atoms with Crippen LogP contribution in [0.15, 0.2) is 0 Å². The predicted molar refractivity (Wildman–Crippen MR) is 45.2 cm³/mol. The molecule has 0 atom stereocenters. The first kappa shape index (κ1) is 10.1. The fourth-order valence-corrected chi connectivity index (χ4v) is 1.38. The number of hydrogen-bond donors (Lipinski definition) is 3. The number of rotatable bonds is 6. The van der Waals surface area contributed by atoms with E-state index in [0.717, 1.165) is 25.6 Å². The zero-order valence-electron chi connectivity index (χ0n) is 6.56. The van der Waals surface area contributed by atoms with Crippen molar-refractivity contribution < 1.29 is 4.80 Å². The van der Waals surface area contributed by atoms with Crippen LogP contribution in [0.25, 0.3) is 0 Å². The van der Waals surface area contributed by atoms with Gasteiger partial charge in [0.15, 0.2) is 0 Å². The molecule has 3 nitrogen and oxygen atoms in total. The van der Waals surface area contributed by atoms with Crippen LogP contribution in [-0.2, 0) is 0 Å². The fourth-order valence-electron chi connectivity index (χ4n) is 0.696. The summed E-state index contributed by atoms with van der Waals surface area (Å²) >= 11 is 0. The molecule has 4 N–H and O–H groups in total. The van der Waals surface area contributed by atoms with E-state index in [0.29, 0.717) is 6.54 Å². The van der Waals surface area contributed by atoms with Gasteiger partial charge in [0.05, 0.1) is 0 Å². The van der Waals surface area contributed by atoms with Gasteiger partial charge in [-0.1, -0.05) is 0 Å². The molecule has 0 aromatic rings. The van der Waals surface area contributed by atoms with Crippen LogP contribution in [0.2, 0.25) is 12.6 Å². The van der Waals surface area contributed by atoms with Gasteiger partial charge >= 0.3 is 0 Å².